The maximum absolute atomic E-state index is 6.00. The summed E-state index contributed by atoms with van der Waals surface area (Å²) in [7, 11) is 0. The third kappa shape index (κ3) is 5.65. The summed E-state index contributed by atoms with van der Waals surface area (Å²) >= 11 is 0. The first-order chi connectivity index (χ1) is 8.95. The summed E-state index contributed by atoms with van der Waals surface area (Å²) in [4.78, 5) is 0. The number of rotatable bonds is 7. The van der Waals surface area contributed by atoms with Gasteiger partial charge in [0.25, 0.3) is 0 Å². The highest BCUT2D eigenvalue weighted by molar-refractivity contribution is 5.41. The van der Waals surface area contributed by atoms with E-state index in [-0.39, 0.29) is 5.41 Å². The molecule has 108 valence electrons. The number of hydrogen-bond donors (Lipinski definition) is 1. The van der Waals surface area contributed by atoms with Crippen molar-refractivity contribution in [2.45, 2.75) is 52.9 Å². The Morgan fingerprint density at radius 1 is 1.16 bits per heavy atom. The Labute approximate surface area is 118 Å². The Morgan fingerprint density at radius 3 is 2.53 bits per heavy atom. The van der Waals surface area contributed by atoms with Gasteiger partial charge in [-0.2, -0.15) is 0 Å². The van der Waals surface area contributed by atoms with E-state index in [1.807, 2.05) is 0 Å². The zero-order valence-corrected chi connectivity index (χ0v) is 13.2. The van der Waals surface area contributed by atoms with Crippen LogP contribution in [0.5, 0.6) is 5.75 Å². The molecule has 0 saturated heterocycles. The van der Waals surface area contributed by atoms with Crippen LogP contribution in [0.4, 0.5) is 0 Å². The lowest BCUT2D eigenvalue weighted by molar-refractivity contribution is 0.298. The molecule has 0 amide bonds. The highest BCUT2D eigenvalue weighted by Crippen LogP contribution is 2.32. The van der Waals surface area contributed by atoms with E-state index in [0.717, 1.165) is 31.9 Å². The van der Waals surface area contributed by atoms with Crippen molar-refractivity contribution in [1.29, 1.82) is 0 Å². The van der Waals surface area contributed by atoms with Gasteiger partial charge in [-0.3, -0.25) is 0 Å². The van der Waals surface area contributed by atoms with E-state index in [0.29, 0.717) is 0 Å². The van der Waals surface area contributed by atoms with E-state index in [1.54, 1.807) is 0 Å². The Hall–Kier alpha value is -1.02. The van der Waals surface area contributed by atoms with E-state index >= 15 is 0 Å². The molecule has 0 radical (unpaired) electrons. The zero-order valence-electron chi connectivity index (χ0n) is 13.2. The molecule has 0 bridgehead atoms. The molecule has 0 aromatic heterocycles. The summed E-state index contributed by atoms with van der Waals surface area (Å²) < 4.78 is 6.00. The van der Waals surface area contributed by atoms with Crippen molar-refractivity contribution in [3.63, 3.8) is 0 Å². The first-order valence-electron chi connectivity index (χ1n) is 7.40. The molecule has 0 aliphatic carbocycles. The number of hydrogen-bond acceptors (Lipinski definition) is 2. The molecule has 1 rings (SSSR count). The SMILES string of the molecule is CCNCCCCOc1cc(C)ccc1C(C)(C)C. The number of unbranched alkanes of at least 4 members (excludes halogenated alkanes) is 1. The van der Waals surface area contributed by atoms with Gasteiger partial charge in [0.15, 0.2) is 0 Å². The highest BCUT2D eigenvalue weighted by atomic mass is 16.5. The van der Waals surface area contributed by atoms with Crippen LogP contribution in [0.2, 0.25) is 0 Å². The smallest absolute Gasteiger partial charge is 0.123 e. The van der Waals surface area contributed by atoms with E-state index < -0.39 is 0 Å². The van der Waals surface area contributed by atoms with Gasteiger partial charge in [0, 0.05) is 0 Å². The largest absolute Gasteiger partial charge is 0.493 e. The third-order valence-electron chi connectivity index (χ3n) is 3.20. The Kier molecular flexibility index (Phi) is 6.36. The normalized spacial score (nSPS) is 11.6. The molecule has 0 aliphatic heterocycles. The third-order valence-corrected chi connectivity index (χ3v) is 3.20. The van der Waals surface area contributed by atoms with Crippen LogP contribution in [0.25, 0.3) is 0 Å². The first kappa shape index (κ1) is 16.0. The van der Waals surface area contributed by atoms with Crippen molar-refractivity contribution in [3.8, 4) is 5.75 Å². The fourth-order valence-corrected chi connectivity index (χ4v) is 2.08. The van der Waals surface area contributed by atoms with E-state index in [4.69, 9.17) is 4.74 Å². The van der Waals surface area contributed by atoms with E-state index in [1.165, 1.54) is 17.5 Å². The Bertz CT molecular complexity index is 379. The average molecular weight is 263 g/mol. The van der Waals surface area contributed by atoms with Gasteiger partial charge in [0.05, 0.1) is 6.61 Å². The topological polar surface area (TPSA) is 21.3 Å². The predicted octanol–water partition coefficient (Wildman–Crippen LogP) is 4.06. The van der Waals surface area contributed by atoms with E-state index in [2.05, 4.69) is 58.1 Å². The summed E-state index contributed by atoms with van der Waals surface area (Å²) in [6, 6.07) is 6.52. The molecule has 0 atom stereocenters. The van der Waals surface area contributed by atoms with Gasteiger partial charge in [-0.25, -0.2) is 0 Å². The fourth-order valence-electron chi connectivity index (χ4n) is 2.08. The molecule has 0 saturated carbocycles. The maximum atomic E-state index is 6.00. The molecule has 1 aromatic rings. The average Bonchev–Trinajstić information content (AvgIpc) is 2.32. The minimum absolute atomic E-state index is 0.132. The Balaban J connectivity index is 2.54. The molecular weight excluding hydrogens is 234 g/mol. The lowest BCUT2D eigenvalue weighted by Gasteiger charge is -2.23. The summed E-state index contributed by atoms with van der Waals surface area (Å²) in [5.74, 6) is 1.05. The van der Waals surface area contributed by atoms with Gasteiger partial charge in [-0.15, -0.1) is 0 Å². The molecule has 1 aromatic carbocycles. The number of nitrogens with one attached hydrogen (secondary N) is 1. The fraction of sp³-hybridized carbons (Fsp3) is 0.647. The first-order valence-corrected chi connectivity index (χ1v) is 7.40. The van der Waals surface area contributed by atoms with Crippen molar-refractivity contribution in [2.24, 2.45) is 0 Å². The van der Waals surface area contributed by atoms with Gasteiger partial charge >= 0.3 is 0 Å². The molecule has 0 fully saturated rings. The van der Waals surface area contributed by atoms with Crippen LogP contribution in [-0.2, 0) is 5.41 Å². The van der Waals surface area contributed by atoms with Gasteiger partial charge in [0.2, 0.25) is 0 Å². The second-order valence-corrected chi connectivity index (χ2v) is 6.16. The molecule has 0 unspecified atom stereocenters. The summed E-state index contributed by atoms with van der Waals surface area (Å²) in [6.45, 7) is 13.9. The van der Waals surface area contributed by atoms with Crippen LogP contribution in [0.3, 0.4) is 0 Å². The lowest BCUT2D eigenvalue weighted by Crippen LogP contribution is -2.16. The number of aryl methyl sites for hydroxylation is 1. The second kappa shape index (κ2) is 7.54. The monoisotopic (exact) mass is 263 g/mol. The molecule has 0 spiro atoms. The predicted molar refractivity (Wildman–Crippen MR) is 83.2 cm³/mol. The number of benzene rings is 1. The minimum atomic E-state index is 0.132. The quantitative estimate of drug-likeness (QED) is 0.749. The summed E-state index contributed by atoms with van der Waals surface area (Å²) in [5, 5.41) is 3.34. The van der Waals surface area contributed by atoms with Crippen molar-refractivity contribution in [2.75, 3.05) is 19.7 Å². The molecular formula is C17H29NO. The van der Waals surface area contributed by atoms with Gasteiger partial charge in [-0.05, 0) is 55.5 Å². The van der Waals surface area contributed by atoms with Crippen molar-refractivity contribution >= 4 is 0 Å². The van der Waals surface area contributed by atoms with E-state index in [9.17, 15) is 0 Å². The van der Waals surface area contributed by atoms with Crippen LogP contribution in [0.15, 0.2) is 18.2 Å². The summed E-state index contributed by atoms with van der Waals surface area (Å²) in [5.41, 5.74) is 2.69. The molecule has 2 heteroatoms. The van der Waals surface area contributed by atoms with Gasteiger partial charge in [0.1, 0.15) is 5.75 Å². The maximum Gasteiger partial charge on any atom is 0.123 e. The highest BCUT2D eigenvalue weighted by Gasteiger charge is 2.18. The Morgan fingerprint density at radius 2 is 1.89 bits per heavy atom. The molecule has 19 heavy (non-hydrogen) atoms. The van der Waals surface area contributed by atoms with Crippen molar-refractivity contribution in [3.05, 3.63) is 29.3 Å². The van der Waals surface area contributed by atoms with Crippen LogP contribution in [0.1, 0.15) is 51.7 Å². The molecule has 0 aliphatic rings. The molecule has 1 N–H and O–H groups in total. The molecule has 2 nitrogen and oxygen atoms in total. The number of ether oxygens (including phenoxy) is 1. The lowest BCUT2D eigenvalue weighted by atomic mass is 9.86. The second-order valence-electron chi connectivity index (χ2n) is 6.16. The standard InChI is InChI=1S/C17H29NO/c1-6-18-11-7-8-12-19-16-13-14(2)9-10-15(16)17(3,4)5/h9-10,13,18H,6-8,11-12H2,1-5H3. The van der Waals surface area contributed by atoms with Crippen molar-refractivity contribution < 1.29 is 4.74 Å². The minimum Gasteiger partial charge on any atom is -0.493 e. The van der Waals surface area contributed by atoms with Crippen LogP contribution >= 0.6 is 0 Å². The van der Waals surface area contributed by atoms with Gasteiger partial charge < -0.3 is 10.1 Å². The zero-order chi connectivity index (χ0) is 14.3. The van der Waals surface area contributed by atoms with Crippen LogP contribution in [0, 0.1) is 6.92 Å². The van der Waals surface area contributed by atoms with Gasteiger partial charge in [-0.1, -0.05) is 39.8 Å². The summed E-state index contributed by atoms with van der Waals surface area (Å²) in [6.07, 6.45) is 2.27. The van der Waals surface area contributed by atoms with Crippen LogP contribution < -0.4 is 10.1 Å². The van der Waals surface area contributed by atoms with Crippen LogP contribution in [-0.4, -0.2) is 19.7 Å². The van der Waals surface area contributed by atoms with Crippen molar-refractivity contribution in [1.82, 2.24) is 5.32 Å². The molecule has 0 heterocycles.